The number of rotatable bonds is 8. The number of nitrogens with zero attached hydrogens (tertiary/aromatic N) is 1. The van der Waals surface area contributed by atoms with Gasteiger partial charge in [-0.2, -0.15) is 0 Å². The van der Waals surface area contributed by atoms with Crippen LogP contribution in [0.5, 0.6) is 0 Å². The van der Waals surface area contributed by atoms with E-state index < -0.39 is 23.5 Å². The van der Waals surface area contributed by atoms with Gasteiger partial charge in [-0.1, -0.05) is 32.9 Å². The number of benzene rings is 1. The zero-order chi connectivity index (χ0) is 22.9. The maximum Gasteiger partial charge on any atom is 0.313 e. The van der Waals surface area contributed by atoms with Crippen LogP contribution in [0.15, 0.2) is 24.3 Å². The highest BCUT2D eigenvalue weighted by Crippen LogP contribution is 2.47. The molecule has 3 rings (SSSR count). The molecule has 6 N–H and O–H groups in total. The van der Waals surface area contributed by atoms with Crippen LogP contribution in [0.3, 0.4) is 0 Å². The Balaban J connectivity index is 1.63. The Morgan fingerprint density at radius 3 is 2.58 bits per heavy atom. The highest BCUT2D eigenvalue weighted by atomic mass is 19.1. The van der Waals surface area contributed by atoms with Crippen molar-refractivity contribution in [1.82, 2.24) is 10.2 Å². The summed E-state index contributed by atoms with van der Waals surface area (Å²) >= 11 is 0. The predicted octanol–water partition coefficient (Wildman–Crippen LogP) is -0.378. The number of amides is 3. The van der Waals surface area contributed by atoms with E-state index in [2.05, 4.69) is 10.6 Å². The number of halogens is 1. The standard InChI is InChI=1S/C22H30FN5O3/c1-22(2,3)17(23)10-27-21(31)16-9-12-8-15(12)28(16)18(29)11-26-14-7-5-4-6-13(14)19(24)20(25)30/h4-7,12,15-17,24,26H,8-11H2,1-3H3,(H2,25,30)(H,27,31)/p+1/t12-,15-,16+,17?/m1/s1. The number of likely N-dealkylation sites (tertiary alicyclic amines) is 1. The van der Waals surface area contributed by atoms with Gasteiger partial charge < -0.3 is 21.3 Å². The molecule has 31 heavy (non-hydrogen) atoms. The van der Waals surface area contributed by atoms with Crippen molar-refractivity contribution >= 4 is 29.1 Å². The van der Waals surface area contributed by atoms with E-state index in [1.807, 2.05) is 0 Å². The van der Waals surface area contributed by atoms with Crippen molar-refractivity contribution in [3.63, 3.8) is 0 Å². The summed E-state index contributed by atoms with van der Waals surface area (Å²) in [7, 11) is 0. The average Bonchev–Trinajstić information content (AvgIpc) is 3.38. The van der Waals surface area contributed by atoms with E-state index in [4.69, 9.17) is 11.1 Å². The lowest BCUT2D eigenvalue weighted by atomic mass is 9.90. The third-order valence-electron chi connectivity index (χ3n) is 6.00. The summed E-state index contributed by atoms with van der Waals surface area (Å²) in [6.07, 6.45) is 0.289. The summed E-state index contributed by atoms with van der Waals surface area (Å²) in [5.74, 6) is -0.988. The molecule has 8 nitrogen and oxygen atoms in total. The Labute approximate surface area is 181 Å². The molecule has 1 aromatic carbocycles. The van der Waals surface area contributed by atoms with Crippen LogP contribution in [0, 0.1) is 11.3 Å². The number of hydrogen-bond acceptors (Lipinski definition) is 4. The van der Waals surface area contributed by atoms with Gasteiger partial charge in [0.1, 0.15) is 12.2 Å². The Morgan fingerprint density at radius 2 is 1.94 bits per heavy atom. The van der Waals surface area contributed by atoms with Crippen molar-refractivity contribution in [2.24, 2.45) is 17.1 Å². The molecule has 3 amide bonds. The predicted molar refractivity (Wildman–Crippen MR) is 115 cm³/mol. The molecule has 1 saturated heterocycles. The molecule has 4 atom stereocenters. The Morgan fingerprint density at radius 1 is 1.26 bits per heavy atom. The van der Waals surface area contributed by atoms with Gasteiger partial charge >= 0.3 is 5.91 Å². The van der Waals surface area contributed by atoms with Gasteiger partial charge in [0.15, 0.2) is 0 Å². The minimum Gasteiger partial charge on any atom is -0.375 e. The first-order valence-electron chi connectivity index (χ1n) is 10.5. The molecule has 1 unspecified atom stereocenters. The van der Waals surface area contributed by atoms with E-state index in [1.54, 1.807) is 49.9 Å². The second-order valence-electron chi connectivity index (χ2n) is 9.37. The lowest BCUT2D eigenvalue weighted by Gasteiger charge is -2.29. The minimum atomic E-state index is -1.18. The summed E-state index contributed by atoms with van der Waals surface area (Å²) in [6, 6.07) is 6.24. The molecular weight excluding hydrogens is 401 g/mol. The van der Waals surface area contributed by atoms with Gasteiger partial charge in [-0.25, -0.2) is 9.80 Å². The van der Waals surface area contributed by atoms with Gasteiger partial charge in [-0.05, 0) is 36.3 Å². The van der Waals surface area contributed by atoms with Crippen molar-refractivity contribution in [3.8, 4) is 0 Å². The molecule has 0 radical (unpaired) electrons. The molecule has 2 aliphatic rings. The van der Waals surface area contributed by atoms with Crippen LogP contribution in [0.4, 0.5) is 10.1 Å². The van der Waals surface area contributed by atoms with Crippen LogP contribution in [0.2, 0.25) is 0 Å². The zero-order valence-corrected chi connectivity index (χ0v) is 18.2. The number of primary amides is 1. The largest absolute Gasteiger partial charge is 0.375 e. The minimum absolute atomic E-state index is 0.0475. The van der Waals surface area contributed by atoms with Crippen LogP contribution < -0.4 is 21.8 Å². The van der Waals surface area contributed by atoms with Crippen molar-refractivity contribution in [2.75, 3.05) is 18.4 Å². The fraction of sp³-hybridized carbons (Fsp3) is 0.545. The van der Waals surface area contributed by atoms with E-state index in [0.717, 1.165) is 6.42 Å². The molecule has 1 aliphatic carbocycles. The highest BCUT2D eigenvalue weighted by molar-refractivity contribution is 6.43. The second-order valence-corrected chi connectivity index (χ2v) is 9.37. The van der Waals surface area contributed by atoms with Crippen molar-refractivity contribution < 1.29 is 24.2 Å². The van der Waals surface area contributed by atoms with Crippen molar-refractivity contribution in [2.45, 2.75) is 51.9 Å². The van der Waals surface area contributed by atoms with Crippen molar-refractivity contribution in [3.05, 3.63) is 29.8 Å². The molecule has 0 aromatic heterocycles. The summed E-state index contributed by atoms with van der Waals surface area (Å²) in [4.78, 5) is 38.7. The number of fused-ring (bicyclic) bond motifs is 1. The first-order valence-corrected chi connectivity index (χ1v) is 10.5. The number of carbonyl (C=O) groups is 3. The number of alkyl halides is 1. The number of anilines is 1. The first kappa shape index (κ1) is 22.7. The van der Waals surface area contributed by atoms with Crippen LogP contribution >= 0.6 is 0 Å². The average molecular weight is 433 g/mol. The molecule has 1 heterocycles. The maximum atomic E-state index is 14.2. The number of hydrogen-bond donors (Lipinski definition) is 4. The monoisotopic (exact) mass is 432 g/mol. The van der Waals surface area contributed by atoms with Gasteiger partial charge in [0, 0.05) is 18.3 Å². The smallest absolute Gasteiger partial charge is 0.313 e. The second kappa shape index (κ2) is 8.64. The molecule has 1 aromatic rings. The van der Waals surface area contributed by atoms with Crippen LogP contribution in [0.25, 0.3) is 0 Å². The van der Waals surface area contributed by atoms with Crippen LogP contribution in [-0.2, 0) is 14.4 Å². The third-order valence-corrected chi connectivity index (χ3v) is 6.00. The normalized spacial score (nSPS) is 23.0. The molecular formula is C22H31FN5O3+. The number of para-hydroxylation sites is 1. The fourth-order valence-corrected chi connectivity index (χ4v) is 3.93. The van der Waals surface area contributed by atoms with E-state index in [9.17, 15) is 18.8 Å². The Hall–Kier alpha value is -2.97. The maximum absolute atomic E-state index is 14.2. The topological polar surface area (TPSA) is 130 Å². The molecule has 2 fully saturated rings. The molecule has 168 valence electrons. The SMILES string of the molecule is CC(C)(C)C(F)CNC(=O)[C@@H]1C[C@H]2C[C@H]2N1C(=O)CNc1ccccc1C(=[NH2+])C(N)=O. The third kappa shape index (κ3) is 5.03. The highest BCUT2D eigenvalue weighted by Gasteiger charge is 2.55. The van der Waals surface area contributed by atoms with E-state index in [0.29, 0.717) is 23.6 Å². The lowest BCUT2D eigenvalue weighted by molar-refractivity contribution is -0.138. The van der Waals surface area contributed by atoms with E-state index in [1.165, 1.54) is 0 Å². The van der Waals surface area contributed by atoms with Gasteiger partial charge in [-0.3, -0.25) is 14.4 Å². The lowest BCUT2D eigenvalue weighted by Crippen LogP contribution is -2.51. The van der Waals surface area contributed by atoms with Crippen molar-refractivity contribution in [1.29, 1.82) is 0 Å². The molecule has 9 heteroatoms. The molecule has 1 saturated carbocycles. The number of nitrogens with one attached hydrogen (secondary N) is 2. The quantitative estimate of drug-likeness (QED) is 0.417. The van der Waals surface area contributed by atoms with E-state index >= 15 is 0 Å². The molecule has 0 spiro atoms. The summed E-state index contributed by atoms with van der Waals surface area (Å²) < 4.78 is 14.2. The Kier molecular flexibility index (Phi) is 6.33. The van der Waals surface area contributed by atoms with Gasteiger partial charge in [0.2, 0.25) is 11.8 Å². The summed E-state index contributed by atoms with van der Waals surface area (Å²) in [5.41, 5.74) is 5.52. The van der Waals surface area contributed by atoms with Gasteiger partial charge in [0.25, 0.3) is 5.71 Å². The van der Waals surface area contributed by atoms with Gasteiger partial charge in [-0.15, -0.1) is 0 Å². The number of carbonyl (C=O) groups excluding carboxylic acids is 3. The first-order chi connectivity index (χ1) is 14.5. The molecule has 1 aliphatic heterocycles. The zero-order valence-electron chi connectivity index (χ0n) is 18.2. The van der Waals surface area contributed by atoms with Crippen LogP contribution in [0.1, 0.15) is 39.2 Å². The van der Waals surface area contributed by atoms with E-state index in [-0.39, 0.29) is 36.7 Å². The molecule has 0 bridgehead atoms. The summed E-state index contributed by atoms with van der Waals surface area (Å²) in [5, 5.41) is 11.4. The van der Waals surface area contributed by atoms with Gasteiger partial charge in [0.05, 0.1) is 12.1 Å². The fourth-order valence-electron chi connectivity index (χ4n) is 3.93. The Bertz CT molecular complexity index is 897. The van der Waals surface area contributed by atoms with Crippen LogP contribution in [-0.4, -0.2) is 59.7 Å². The summed E-state index contributed by atoms with van der Waals surface area (Å²) in [6.45, 7) is 5.18. The number of nitrogens with two attached hydrogens (primary N) is 2. The number of piperidine rings is 1.